The van der Waals surface area contributed by atoms with E-state index in [-0.39, 0.29) is 18.5 Å². The van der Waals surface area contributed by atoms with E-state index in [2.05, 4.69) is 40.7 Å². The Hall–Kier alpha value is -4.22. The van der Waals surface area contributed by atoms with Crippen molar-refractivity contribution in [1.82, 2.24) is 44.4 Å². The maximum atomic E-state index is 12.5. The van der Waals surface area contributed by atoms with Crippen LogP contribution in [0.15, 0.2) is 43.2 Å². The predicted molar refractivity (Wildman–Crippen MR) is 145 cm³/mol. The largest absolute Gasteiger partial charge is 0.444 e. The van der Waals surface area contributed by atoms with Crippen LogP contribution >= 0.6 is 0 Å². The molecule has 1 saturated heterocycles. The zero-order valence-electron chi connectivity index (χ0n) is 23.0. The number of hydrogen-bond acceptors (Lipinski definition) is 7. The first-order valence-corrected chi connectivity index (χ1v) is 13.3. The van der Waals surface area contributed by atoms with Crippen molar-refractivity contribution in [2.45, 2.75) is 65.1 Å². The Bertz CT molecular complexity index is 1470. The Kier molecular flexibility index (Phi) is 7.11. The number of fused-ring (bicyclic) bond motifs is 1. The molecule has 4 aromatic rings. The molecule has 5 rings (SSSR count). The molecule has 206 valence electrons. The van der Waals surface area contributed by atoms with Crippen molar-refractivity contribution in [2.75, 3.05) is 19.6 Å². The van der Waals surface area contributed by atoms with Crippen LogP contribution in [0, 0.1) is 0 Å². The van der Waals surface area contributed by atoms with Crippen molar-refractivity contribution in [3.8, 4) is 22.5 Å². The van der Waals surface area contributed by atoms with E-state index in [0.717, 1.165) is 40.9 Å². The third kappa shape index (κ3) is 5.64. The molecule has 0 unspecified atom stereocenters. The fraction of sp³-hybridized carbons (Fsp3) is 0.481. The van der Waals surface area contributed by atoms with Crippen molar-refractivity contribution in [3.63, 3.8) is 0 Å². The zero-order chi connectivity index (χ0) is 27.7. The topological polar surface area (TPSA) is 124 Å². The van der Waals surface area contributed by atoms with Gasteiger partial charge < -0.3 is 15.0 Å². The van der Waals surface area contributed by atoms with Crippen molar-refractivity contribution in [3.05, 3.63) is 43.2 Å². The summed E-state index contributed by atoms with van der Waals surface area (Å²) in [4.78, 5) is 30.9. The number of hydrogen-bond donors (Lipinski definition) is 1. The SMILES string of the molecule is CCC(CC)n1cc(-c2nc(-c3cnn(C4CN(C(=O)CNC(=O)OC(C)(C)C)C4)c3)cn3nccc23)cn1. The van der Waals surface area contributed by atoms with Gasteiger partial charge in [-0.05, 0) is 39.7 Å². The number of carbonyl (C=O) groups is 2. The molecule has 0 aliphatic carbocycles. The van der Waals surface area contributed by atoms with Crippen LogP contribution in [0.4, 0.5) is 4.79 Å². The minimum atomic E-state index is -0.612. The van der Waals surface area contributed by atoms with Crippen LogP contribution < -0.4 is 5.32 Å². The van der Waals surface area contributed by atoms with Gasteiger partial charge in [-0.15, -0.1) is 0 Å². The van der Waals surface area contributed by atoms with Crippen LogP contribution in [0.5, 0.6) is 0 Å². The van der Waals surface area contributed by atoms with E-state index in [9.17, 15) is 9.59 Å². The lowest BCUT2D eigenvalue weighted by molar-refractivity contribution is -0.136. The lowest BCUT2D eigenvalue weighted by Gasteiger charge is -2.39. The summed E-state index contributed by atoms with van der Waals surface area (Å²) < 4.78 is 10.9. The number of aromatic nitrogens is 7. The summed E-state index contributed by atoms with van der Waals surface area (Å²) in [5, 5.41) is 16.1. The monoisotopic (exact) mass is 533 g/mol. The standard InChI is InChI=1S/C27H35N9O3/c1-6-20(7-2)34-14-19(11-31-34)25-23-8-9-29-36(23)17-22(32-25)18-10-30-35(13-18)21-15-33(16-21)24(37)12-28-26(38)39-27(3,4)5/h8-11,13-14,17,20-21H,6-7,12,15-16H2,1-5H3,(H,28,38). The first kappa shape index (κ1) is 26.4. The fourth-order valence-electron chi connectivity index (χ4n) is 4.67. The molecule has 1 aliphatic rings. The minimum absolute atomic E-state index is 0.0513. The number of alkyl carbamates (subject to hydrolysis) is 1. The Morgan fingerprint density at radius 1 is 1.05 bits per heavy atom. The Morgan fingerprint density at radius 2 is 1.79 bits per heavy atom. The lowest BCUT2D eigenvalue weighted by atomic mass is 10.1. The number of carbonyl (C=O) groups excluding carboxylic acids is 2. The summed E-state index contributed by atoms with van der Waals surface area (Å²) in [5.74, 6) is -0.158. The second kappa shape index (κ2) is 10.5. The molecule has 5 heterocycles. The summed E-state index contributed by atoms with van der Waals surface area (Å²) in [5.41, 5.74) is 3.65. The molecular weight excluding hydrogens is 498 g/mol. The molecule has 0 saturated carbocycles. The summed E-state index contributed by atoms with van der Waals surface area (Å²) in [6.07, 6.45) is 12.7. The van der Waals surface area contributed by atoms with Crippen LogP contribution in [-0.4, -0.2) is 76.3 Å². The van der Waals surface area contributed by atoms with Crippen LogP contribution in [0.3, 0.4) is 0 Å². The number of nitrogens with zero attached hydrogens (tertiary/aromatic N) is 8. The maximum Gasteiger partial charge on any atom is 0.408 e. The Morgan fingerprint density at radius 3 is 2.51 bits per heavy atom. The summed E-state index contributed by atoms with van der Waals surface area (Å²) in [7, 11) is 0. The van der Waals surface area contributed by atoms with Gasteiger partial charge in [-0.1, -0.05) is 13.8 Å². The van der Waals surface area contributed by atoms with Gasteiger partial charge >= 0.3 is 6.09 Å². The molecule has 4 aromatic heterocycles. The molecule has 0 radical (unpaired) electrons. The van der Waals surface area contributed by atoms with Crippen LogP contribution in [0.25, 0.3) is 28.0 Å². The second-order valence-corrected chi connectivity index (χ2v) is 10.8. The van der Waals surface area contributed by atoms with Gasteiger partial charge in [0, 0.05) is 36.6 Å². The van der Waals surface area contributed by atoms with Crippen molar-refractivity contribution < 1.29 is 14.3 Å². The van der Waals surface area contributed by atoms with Gasteiger partial charge in [-0.3, -0.25) is 14.2 Å². The second-order valence-electron chi connectivity index (χ2n) is 10.8. The van der Waals surface area contributed by atoms with Gasteiger partial charge in [0.15, 0.2) is 0 Å². The van der Waals surface area contributed by atoms with Gasteiger partial charge in [-0.2, -0.15) is 15.3 Å². The van der Waals surface area contributed by atoms with E-state index in [1.165, 1.54) is 0 Å². The molecule has 0 atom stereocenters. The van der Waals surface area contributed by atoms with E-state index in [1.54, 1.807) is 38.1 Å². The number of ether oxygens (including phenoxy) is 1. The third-order valence-corrected chi connectivity index (χ3v) is 6.85. The first-order chi connectivity index (χ1) is 18.6. The number of amides is 2. The van der Waals surface area contributed by atoms with Crippen molar-refractivity contribution in [1.29, 1.82) is 0 Å². The van der Waals surface area contributed by atoms with E-state index < -0.39 is 11.7 Å². The molecule has 0 aromatic carbocycles. The molecule has 0 bridgehead atoms. The summed E-state index contributed by atoms with van der Waals surface area (Å²) in [6.45, 7) is 10.6. The van der Waals surface area contributed by atoms with Gasteiger partial charge in [-0.25, -0.2) is 14.3 Å². The molecule has 39 heavy (non-hydrogen) atoms. The quantitative estimate of drug-likeness (QED) is 0.366. The molecule has 1 fully saturated rings. The normalized spacial score (nSPS) is 14.2. The molecule has 1 aliphatic heterocycles. The average molecular weight is 534 g/mol. The fourth-order valence-corrected chi connectivity index (χ4v) is 4.67. The van der Waals surface area contributed by atoms with E-state index in [4.69, 9.17) is 9.72 Å². The Balaban J connectivity index is 1.27. The number of likely N-dealkylation sites (tertiary alicyclic amines) is 1. The highest BCUT2D eigenvalue weighted by atomic mass is 16.6. The van der Waals surface area contributed by atoms with Gasteiger partial charge in [0.2, 0.25) is 5.91 Å². The number of rotatable bonds is 8. The average Bonchev–Trinajstić information content (AvgIpc) is 3.62. The highest BCUT2D eigenvalue weighted by molar-refractivity contribution is 5.83. The molecular formula is C27H35N9O3. The minimum Gasteiger partial charge on any atom is -0.444 e. The Labute approximate surface area is 227 Å². The smallest absolute Gasteiger partial charge is 0.408 e. The third-order valence-electron chi connectivity index (χ3n) is 6.85. The van der Waals surface area contributed by atoms with Gasteiger partial charge in [0.05, 0.1) is 53.8 Å². The van der Waals surface area contributed by atoms with E-state index in [0.29, 0.717) is 19.1 Å². The first-order valence-electron chi connectivity index (χ1n) is 13.3. The number of nitrogens with one attached hydrogen (secondary N) is 1. The van der Waals surface area contributed by atoms with Crippen LogP contribution in [0.1, 0.15) is 59.5 Å². The molecule has 1 N–H and O–H groups in total. The summed E-state index contributed by atoms with van der Waals surface area (Å²) in [6, 6.07) is 2.35. The summed E-state index contributed by atoms with van der Waals surface area (Å²) >= 11 is 0. The lowest BCUT2D eigenvalue weighted by Crippen LogP contribution is -2.53. The van der Waals surface area contributed by atoms with Crippen LogP contribution in [-0.2, 0) is 9.53 Å². The molecule has 12 heteroatoms. The van der Waals surface area contributed by atoms with Crippen molar-refractivity contribution >= 4 is 17.5 Å². The molecule has 2 amide bonds. The van der Waals surface area contributed by atoms with Gasteiger partial charge in [0.1, 0.15) is 12.1 Å². The van der Waals surface area contributed by atoms with Gasteiger partial charge in [0.25, 0.3) is 0 Å². The highest BCUT2D eigenvalue weighted by Gasteiger charge is 2.33. The predicted octanol–water partition coefficient (Wildman–Crippen LogP) is 3.73. The van der Waals surface area contributed by atoms with E-state index >= 15 is 0 Å². The zero-order valence-corrected chi connectivity index (χ0v) is 23.0. The molecule has 12 nitrogen and oxygen atoms in total. The van der Waals surface area contributed by atoms with Crippen molar-refractivity contribution in [2.24, 2.45) is 0 Å². The highest BCUT2D eigenvalue weighted by Crippen LogP contribution is 2.29. The molecule has 0 spiro atoms. The van der Waals surface area contributed by atoms with E-state index in [1.807, 2.05) is 38.5 Å². The maximum absolute atomic E-state index is 12.5. The van der Waals surface area contributed by atoms with Crippen LogP contribution in [0.2, 0.25) is 0 Å².